The fourth-order valence-corrected chi connectivity index (χ4v) is 2.66. The third-order valence-electron chi connectivity index (χ3n) is 3.91. The standard InChI is InChI=1S/C19H23NO4/c1-14(7-6-10-19(22)23)11-15(2)20-16(12-18(20)21)13-24-17-8-4-3-5-9-17/h3-5,8-9,11,16H,2,6-7,10,12-13H2,1H3,(H,22,23)/b14-11+/t16-/m1/s1. The van der Waals surface area contributed by atoms with Crippen LogP contribution in [0.4, 0.5) is 0 Å². The Morgan fingerprint density at radius 3 is 2.71 bits per heavy atom. The number of hydrogen-bond donors (Lipinski definition) is 1. The van der Waals surface area contributed by atoms with Gasteiger partial charge in [-0.2, -0.15) is 0 Å². The van der Waals surface area contributed by atoms with Crippen LogP contribution in [0.1, 0.15) is 32.6 Å². The van der Waals surface area contributed by atoms with Crippen molar-refractivity contribution in [3.8, 4) is 5.75 Å². The summed E-state index contributed by atoms with van der Waals surface area (Å²) >= 11 is 0. The first-order valence-corrected chi connectivity index (χ1v) is 8.05. The third-order valence-corrected chi connectivity index (χ3v) is 3.91. The Morgan fingerprint density at radius 1 is 1.38 bits per heavy atom. The van der Waals surface area contributed by atoms with E-state index in [2.05, 4.69) is 6.58 Å². The molecule has 0 radical (unpaired) electrons. The molecule has 1 N–H and O–H groups in total. The molecule has 1 aliphatic rings. The predicted molar refractivity (Wildman–Crippen MR) is 91.6 cm³/mol. The van der Waals surface area contributed by atoms with Crippen LogP contribution < -0.4 is 4.74 Å². The highest BCUT2D eigenvalue weighted by Crippen LogP contribution is 2.26. The number of hydrogen-bond acceptors (Lipinski definition) is 3. The van der Waals surface area contributed by atoms with Gasteiger partial charge in [0, 0.05) is 12.1 Å². The molecule has 1 aromatic rings. The van der Waals surface area contributed by atoms with Crippen molar-refractivity contribution in [2.75, 3.05) is 6.61 Å². The third kappa shape index (κ3) is 4.98. The Labute approximate surface area is 142 Å². The van der Waals surface area contributed by atoms with Gasteiger partial charge in [-0.05, 0) is 38.0 Å². The van der Waals surface area contributed by atoms with Gasteiger partial charge in [0.25, 0.3) is 0 Å². The number of amides is 1. The molecule has 1 aliphatic heterocycles. The number of carboxylic acid groups (broad SMARTS) is 1. The first-order chi connectivity index (χ1) is 11.5. The average molecular weight is 329 g/mol. The van der Waals surface area contributed by atoms with E-state index >= 15 is 0 Å². The normalized spacial score (nSPS) is 17.4. The zero-order valence-electron chi connectivity index (χ0n) is 13.9. The van der Waals surface area contributed by atoms with Gasteiger partial charge in [0.2, 0.25) is 5.91 Å². The molecule has 1 fully saturated rings. The van der Waals surface area contributed by atoms with E-state index in [4.69, 9.17) is 9.84 Å². The molecule has 0 unspecified atom stereocenters. The molecule has 1 atom stereocenters. The summed E-state index contributed by atoms with van der Waals surface area (Å²) < 4.78 is 5.71. The van der Waals surface area contributed by atoms with Crippen molar-refractivity contribution in [3.05, 3.63) is 54.3 Å². The number of β-lactam (4-membered cyclic amide) rings is 1. The molecule has 2 rings (SSSR count). The maximum Gasteiger partial charge on any atom is 0.303 e. The van der Waals surface area contributed by atoms with Gasteiger partial charge in [0.05, 0.1) is 12.5 Å². The molecule has 0 spiro atoms. The highest BCUT2D eigenvalue weighted by molar-refractivity contribution is 5.85. The van der Waals surface area contributed by atoms with Crippen molar-refractivity contribution in [2.24, 2.45) is 0 Å². The summed E-state index contributed by atoms with van der Waals surface area (Å²) in [7, 11) is 0. The maximum atomic E-state index is 11.9. The smallest absolute Gasteiger partial charge is 0.303 e. The molecule has 0 aliphatic carbocycles. The molecular formula is C19H23NO4. The molecule has 0 aromatic heterocycles. The fourth-order valence-electron chi connectivity index (χ4n) is 2.66. The summed E-state index contributed by atoms with van der Waals surface area (Å²) in [5, 5.41) is 8.66. The molecule has 24 heavy (non-hydrogen) atoms. The van der Waals surface area contributed by atoms with Crippen LogP contribution in [-0.4, -0.2) is 34.5 Å². The number of ether oxygens (including phenoxy) is 1. The van der Waals surface area contributed by atoms with E-state index in [0.717, 1.165) is 11.3 Å². The monoisotopic (exact) mass is 329 g/mol. The first-order valence-electron chi connectivity index (χ1n) is 8.05. The van der Waals surface area contributed by atoms with E-state index in [1.54, 1.807) is 4.90 Å². The number of aliphatic carboxylic acids is 1. The number of rotatable bonds is 9. The molecule has 128 valence electrons. The minimum Gasteiger partial charge on any atom is -0.491 e. The second-order valence-electron chi connectivity index (χ2n) is 5.98. The van der Waals surface area contributed by atoms with Crippen LogP contribution >= 0.6 is 0 Å². The second kappa shape index (κ2) is 8.34. The molecule has 1 saturated heterocycles. The van der Waals surface area contributed by atoms with Crippen LogP contribution in [0.2, 0.25) is 0 Å². The van der Waals surface area contributed by atoms with Gasteiger partial charge in [0.1, 0.15) is 12.4 Å². The van der Waals surface area contributed by atoms with Gasteiger partial charge in [-0.1, -0.05) is 30.4 Å². The van der Waals surface area contributed by atoms with Crippen LogP contribution in [0.3, 0.4) is 0 Å². The quantitative estimate of drug-likeness (QED) is 0.557. The van der Waals surface area contributed by atoms with E-state index in [9.17, 15) is 9.59 Å². The highest BCUT2D eigenvalue weighted by Gasteiger charge is 2.37. The highest BCUT2D eigenvalue weighted by atomic mass is 16.5. The zero-order chi connectivity index (χ0) is 17.5. The first kappa shape index (κ1) is 17.8. The lowest BCUT2D eigenvalue weighted by Gasteiger charge is -2.40. The van der Waals surface area contributed by atoms with Gasteiger partial charge in [-0.15, -0.1) is 0 Å². The lowest BCUT2D eigenvalue weighted by molar-refractivity contribution is -0.143. The van der Waals surface area contributed by atoms with Gasteiger partial charge in [-0.25, -0.2) is 0 Å². The Morgan fingerprint density at radius 2 is 2.08 bits per heavy atom. The SMILES string of the molecule is C=C(/C=C(\C)CCCC(=O)O)N1C(=O)C[C@@H]1COc1ccccc1. The maximum absolute atomic E-state index is 11.9. The zero-order valence-corrected chi connectivity index (χ0v) is 13.9. The molecule has 0 bridgehead atoms. The van der Waals surface area contributed by atoms with Crippen LogP contribution in [-0.2, 0) is 9.59 Å². The van der Waals surface area contributed by atoms with Crippen LogP contribution in [0.5, 0.6) is 5.75 Å². The van der Waals surface area contributed by atoms with E-state index in [0.29, 0.717) is 31.6 Å². The number of carbonyl (C=O) groups excluding carboxylic acids is 1. The van der Waals surface area contributed by atoms with Crippen molar-refractivity contribution in [1.82, 2.24) is 4.90 Å². The number of nitrogens with zero attached hydrogens (tertiary/aromatic N) is 1. The van der Waals surface area contributed by atoms with Gasteiger partial charge >= 0.3 is 5.97 Å². The summed E-state index contributed by atoms with van der Waals surface area (Å²) in [6, 6.07) is 9.49. The van der Waals surface area contributed by atoms with E-state index in [1.165, 1.54) is 0 Å². The minimum absolute atomic E-state index is 0.00623. The predicted octanol–water partition coefficient (Wildman–Crippen LogP) is 3.38. The Balaban J connectivity index is 1.85. The number of allylic oxidation sites excluding steroid dienone is 2. The lowest BCUT2D eigenvalue weighted by Crippen LogP contribution is -2.54. The number of benzene rings is 1. The summed E-state index contributed by atoms with van der Waals surface area (Å²) in [6.45, 7) is 6.33. The molecule has 0 saturated carbocycles. The van der Waals surface area contributed by atoms with Crippen LogP contribution in [0.15, 0.2) is 54.3 Å². The number of likely N-dealkylation sites (tertiary alicyclic amines) is 1. The lowest BCUT2D eigenvalue weighted by atomic mass is 10.0. The molecule has 5 heteroatoms. The number of carbonyl (C=O) groups is 2. The summed E-state index contributed by atoms with van der Waals surface area (Å²) in [5.74, 6) is 0.0247. The summed E-state index contributed by atoms with van der Waals surface area (Å²) in [4.78, 5) is 24.1. The molecule has 1 aromatic carbocycles. The van der Waals surface area contributed by atoms with Crippen molar-refractivity contribution in [2.45, 2.75) is 38.6 Å². The van der Waals surface area contributed by atoms with Crippen molar-refractivity contribution >= 4 is 11.9 Å². The van der Waals surface area contributed by atoms with Crippen LogP contribution in [0.25, 0.3) is 0 Å². The van der Waals surface area contributed by atoms with Crippen molar-refractivity contribution in [1.29, 1.82) is 0 Å². The minimum atomic E-state index is -0.794. The summed E-state index contributed by atoms with van der Waals surface area (Å²) in [6.07, 6.45) is 3.72. The molecular weight excluding hydrogens is 306 g/mol. The Bertz CT molecular complexity index is 636. The Kier molecular flexibility index (Phi) is 6.18. The topological polar surface area (TPSA) is 66.8 Å². The summed E-state index contributed by atoms with van der Waals surface area (Å²) in [5.41, 5.74) is 1.66. The largest absolute Gasteiger partial charge is 0.491 e. The van der Waals surface area contributed by atoms with E-state index in [-0.39, 0.29) is 18.4 Å². The molecule has 5 nitrogen and oxygen atoms in total. The van der Waals surface area contributed by atoms with Crippen molar-refractivity contribution in [3.63, 3.8) is 0 Å². The number of carboxylic acids is 1. The van der Waals surface area contributed by atoms with Crippen LogP contribution in [0, 0.1) is 0 Å². The Hall–Kier alpha value is -2.56. The van der Waals surface area contributed by atoms with E-state index in [1.807, 2.05) is 43.3 Å². The van der Waals surface area contributed by atoms with Gasteiger partial charge in [-0.3, -0.25) is 9.59 Å². The fraction of sp³-hybridized carbons (Fsp3) is 0.368. The van der Waals surface area contributed by atoms with Crippen molar-refractivity contribution < 1.29 is 19.4 Å². The number of para-hydroxylation sites is 1. The van der Waals surface area contributed by atoms with Gasteiger partial charge < -0.3 is 14.7 Å². The molecule has 1 amide bonds. The van der Waals surface area contributed by atoms with E-state index < -0.39 is 5.97 Å². The molecule has 1 heterocycles. The second-order valence-corrected chi connectivity index (χ2v) is 5.98. The van der Waals surface area contributed by atoms with Gasteiger partial charge in [0.15, 0.2) is 0 Å². The average Bonchev–Trinajstić information content (AvgIpc) is 2.51.